The molecule has 248 valence electrons. The average molecular weight is 672 g/mol. The van der Waals surface area contributed by atoms with Crippen molar-refractivity contribution in [2.45, 2.75) is 62.4 Å². The van der Waals surface area contributed by atoms with Crippen LogP contribution in [0, 0.1) is 0 Å². The molecule has 1 aliphatic rings. The van der Waals surface area contributed by atoms with Gasteiger partial charge in [-0.2, -0.15) is 0 Å². The van der Waals surface area contributed by atoms with Crippen molar-refractivity contribution in [3.63, 3.8) is 0 Å². The van der Waals surface area contributed by atoms with Crippen LogP contribution in [-0.4, -0.2) is 71.6 Å². The Kier molecular flexibility index (Phi) is 12.2. The highest BCUT2D eigenvalue weighted by molar-refractivity contribution is 7.92. The summed E-state index contributed by atoms with van der Waals surface area (Å²) in [5.74, 6) is -0.0495. The van der Waals surface area contributed by atoms with Gasteiger partial charge < -0.3 is 24.4 Å². The molecule has 0 radical (unpaired) electrons. The van der Waals surface area contributed by atoms with Crippen molar-refractivity contribution < 1.29 is 32.2 Å². The number of anilines is 1. The number of benzene rings is 3. The highest BCUT2D eigenvalue weighted by atomic mass is 35.5. The van der Waals surface area contributed by atoms with Crippen LogP contribution in [0.2, 0.25) is 5.02 Å². The number of nitrogens with zero attached hydrogens (tertiary/aromatic N) is 2. The molecule has 0 aliphatic heterocycles. The van der Waals surface area contributed by atoms with Crippen molar-refractivity contribution in [1.82, 2.24) is 10.2 Å². The van der Waals surface area contributed by atoms with E-state index in [1.807, 2.05) is 37.3 Å². The molecule has 0 spiro atoms. The molecule has 2 amide bonds. The van der Waals surface area contributed by atoms with Gasteiger partial charge in [-0.15, -0.1) is 0 Å². The van der Waals surface area contributed by atoms with Gasteiger partial charge in [-0.05, 0) is 61.6 Å². The quantitative estimate of drug-likeness (QED) is 0.228. The summed E-state index contributed by atoms with van der Waals surface area (Å²) in [6.07, 6.45) is 4.70. The second kappa shape index (κ2) is 16.0. The van der Waals surface area contributed by atoms with Crippen LogP contribution in [0.25, 0.3) is 0 Å². The summed E-state index contributed by atoms with van der Waals surface area (Å²) >= 11 is 6.35. The summed E-state index contributed by atoms with van der Waals surface area (Å²) in [6.45, 7) is 1.44. The van der Waals surface area contributed by atoms with Gasteiger partial charge in [0.1, 0.15) is 18.3 Å². The Morgan fingerprint density at radius 2 is 1.57 bits per heavy atom. The van der Waals surface area contributed by atoms with Crippen LogP contribution >= 0.6 is 11.6 Å². The average Bonchev–Trinajstić information content (AvgIpc) is 3.58. The molecule has 1 aliphatic carbocycles. The molecular formula is C34H42ClN3O7S. The first-order valence-electron chi connectivity index (χ1n) is 15.3. The number of rotatable bonds is 15. The first kappa shape index (κ1) is 34.9. The molecule has 0 aromatic heterocycles. The van der Waals surface area contributed by atoms with Gasteiger partial charge in [0.2, 0.25) is 11.8 Å². The lowest BCUT2D eigenvalue weighted by Gasteiger charge is -2.34. The highest BCUT2D eigenvalue weighted by Gasteiger charge is 2.35. The predicted molar refractivity (Wildman–Crippen MR) is 178 cm³/mol. The maximum absolute atomic E-state index is 14.4. The van der Waals surface area contributed by atoms with E-state index >= 15 is 0 Å². The Bertz CT molecular complexity index is 1600. The van der Waals surface area contributed by atoms with Crippen LogP contribution in [-0.2, 0) is 26.0 Å². The molecule has 1 atom stereocenters. The molecule has 3 aromatic rings. The molecule has 0 bridgehead atoms. The number of ether oxygens (including phenoxy) is 3. The highest BCUT2D eigenvalue weighted by Crippen LogP contribution is 2.37. The zero-order valence-electron chi connectivity index (χ0n) is 26.7. The Morgan fingerprint density at radius 1 is 0.913 bits per heavy atom. The van der Waals surface area contributed by atoms with E-state index in [4.69, 9.17) is 25.8 Å². The Morgan fingerprint density at radius 3 is 2.20 bits per heavy atom. The monoisotopic (exact) mass is 671 g/mol. The summed E-state index contributed by atoms with van der Waals surface area (Å²) in [7, 11) is -0.158. The Labute approximate surface area is 276 Å². The van der Waals surface area contributed by atoms with Gasteiger partial charge in [0.05, 0.1) is 31.9 Å². The molecule has 10 nitrogen and oxygen atoms in total. The van der Waals surface area contributed by atoms with Crippen molar-refractivity contribution in [3.05, 3.63) is 77.3 Å². The number of hydrogen-bond acceptors (Lipinski definition) is 7. The summed E-state index contributed by atoms with van der Waals surface area (Å²) in [4.78, 5) is 29.4. The van der Waals surface area contributed by atoms with Crippen LogP contribution in [0.5, 0.6) is 17.2 Å². The molecule has 1 N–H and O–H groups in total. The second-order valence-electron chi connectivity index (χ2n) is 11.1. The molecule has 12 heteroatoms. The van der Waals surface area contributed by atoms with Gasteiger partial charge in [-0.3, -0.25) is 13.9 Å². The van der Waals surface area contributed by atoms with E-state index in [-0.39, 0.29) is 45.6 Å². The molecule has 4 rings (SSSR count). The zero-order chi connectivity index (χ0) is 33.3. The van der Waals surface area contributed by atoms with E-state index in [1.165, 1.54) is 56.6 Å². The maximum atomic E-state index is 14.4. The van der Waals surface area contributed by atoms with Crippen LogP contribution in [0.3, 0.4) is 0 Å². The number of nitrogens with one attached hydrogen (secondary N) is 1. The maximum Gasteiger partial charge on any atom is 0.265 e. The minimum absolute atomic E-state index is 0.0604. The van der Waals surface area contributed by atoms with E-state index in [2.05, 4.69) is 5.32 Å². The summed E-state index contributed by atoms with van der Waals surface area (Å²) < 4.78 is 46.0. The number of halogens is 1. The van der Waals surface area contributed by atoms with Crippen molar-refractivity contribution in [1.29, 1.82) is 0 Å². The lowest BCUT2D eigenvalue weighted by atomic mass is 10.1. The van der Waals surface area contributed by atoms with Crippen LogP contribution in [0.1, 0.15) is 44.6 Å². The lowest BCUT2D eigenvalue weighted by molar-refractivity contribution is -0.139. The number of amides is 2. The standard InChI is InChI=1S/C34H42ClN3O7S/c1-5-28(34(40)36-26-13-9-10-14-26)37(20-19-24-11-7-6-8-12-24)33(39)23-38(29-21-25(35)15-17-30(29)43-2)46(41,42)27-16-18-31(44-3)32(22-27)45-4/h6-8,11-12,15-18,21-22,26,28H,5,9-10,13-14,19-20,23H2,1-4H3,(H,36,40). The third-order valence-electron chi connectivity index (χ3n) is 8.20. The number of hydrogen-bond donors (Lipinski definition) is 1. The predicted octanol–water partition coefficient (Wildman–Crippen LogP) is 5.47. The minimum Gasteiger partial charge on any atom is -0.495 e. The van der Waals surface area contributed by atoms with Gasteiger partial charge >= 0.3 is 0 Å². The van der Waals surface area contributed by atoms with Gasteiger partial charge in [-0.1, -0.05) is 61.7 Å². The van der Waals surface area contributed by atoms with Gasteiger partial charge in [0, 0.05) is 23.7 Å². The molecular weight excluding hydrogens is 630 g/mol. The summed E-state index contributed by atoms with van der Waals surface area (Å²) in [5, 5.41) is 3.37. The molecule has 0 heterocycles. The summed E-state index contributed by atoms with van der Waals surface area (Å²) in [5.41, 5.74) is 1.06. The van der Waals surface area contributed by atoms with E-state index in [9.17, 15) is 18.0 Å². The van der Waals surface area contributed by atoms with E-state index in [1.54, 1.807) is 6.07 Å². The van der Waals surface area contributed by atoms with E-state index < -0.39 is 28.5 Å². The molecule has 46 heavy (non-hydrogen) atoms. The smallest absolute Gasteiger partial charge is 0.265 e. The first-order valence-corrected chi connectivity index (χ1v) is 17.2. The van der Waals surface area contributed by atoms with Crippen molar-refractivity contribution >= 4 is 39.1 Å². The minimum atomic E-state index is -4.42. The molecule has 1 fully saturated rings. The number of methoxy groups -OCH3 is 3. The topological polar surface area (TPSA) is 114 Å². The lowest BCUT2D eigenvalue weighted by Crippen LogP contribution is -2.54. The molecule has 0 saturated heterocycles. The SMILES string of the molecule is CCC(C(=O)NC1CCCC1)N(CCc1ccccc1)C(=O)CN(c1cc(Cl)ccc1OC)S(=O)(=O)c1ccc(OC)c(OC)c1. The molecule has 3 aromatic carbocycles. The largest absolute Gasteiger partial charge is 0.495 e. The van der Waals surface area contributed by atoms with Crippen LogP contribution < -0.4 is 23.8 Å². The third-order valence-corrected chi connectivity index (χ3v) is 10.2. The number of carbonyl (C=O) groups excluding carboxylic acids is 2. The normalized spacial score (nSPS) is 13.9. The fourth-order valence-electron chi connectivity index (χ4n) is 5.74. The van der Waals surface area contributed by atoms with Crippen LogP contribution in [0.15, 0.2) is 71.6 Å². The third kappa shape index (κ3) is 8.24. The molecule has 1 unspecified atom stereocenters. The van der Waals surface area contributed by atoms with Gasteiger partial charge in [0.15, 0.2) is 11.5 Å². The zero-order valence-corrected chi connectivity index (χ0v) is 28.3. The van der Waals surface area contributed by atoms with Gasteiger partial charge in [0.25, 0.3) is 10.0 Å². The van der Waals surface area contributed by atoms with Crippen molar-refractivity contribution in [2.75, 3.05) is 38.7 Å². The molecule has 1 saturated carbocycles. The van der Waals surface area contributed by atoms with E-state index in [0.29, 0.717) is 18.6 Å². The van der Waals surface area contributed by atoms with Crippen molar-refractivity contribution in [3.8, 4) is 17.2 Å². The fraction of sp³-hybridized carbons (Fsp3) is 0.412. The Balaban J connectivity index is 1.76. The van der Waals surface area contributed by atoms with Crippen molar-refractivity contribution in [2.24, 2.45) is 0 Å². The fourth-order valence-corrected chi connectivity index (χ4v) is 7.34. The Hall–Kier alpha value is -3.96. The number of sulfonamides is 1. The first-order chi connectivity index (χ1) is 22.1. The summed E-state index contributed by atoms with van der Waals surface area (Å²) in [6, 6.07) is 17.6. The second-order valence-corrected chi connectivity index (χ2v) is 13.4. The van der Waals surface area contributed by atoms with E-state index in [0.717, 1.165) is 35.6 Å². The van der Waals surface area contributed by atoms with Crippen LogP contribution in [0.4, 0.5) is 5.69 Å². The van der Waals surface area contributed by atoms with Gasteiger partial charge in [-0.25, -0.2) is 8.42 Å². The number of carbonyl (C=O) groups is 2.